The van der Waals surface area contributed by atoms with Crippen molar-refractivity contribution in [3.8, 4) is 11.1 Å². The van der Waals surface area contributed by atoms with Gasteiger partial charge in [0.05, 0.1) is 24.0 Å². The van der Waals surface area contributed by atoms with Crippen molar-refractivity contribution >= 4 is 23.2 Å². The first-order valence-electron chi connectivity index (χ1n) is 6.31. The molecule has 2 heterocycles. The Balaban J connectivity index is 2.33. The Hall–Kier alpha value is -2.40. The van der Waals surface area contributed by atoms with Gasteiger partial charge in [0.25, 0.3) is 0 Å². The lowest BCUT2D eigenvalue weighted by atomic mass is 10.1. The number of esters is 1. The number of nitrogens with zero attached hydrogens (tertiary/aromatic N) is 3. The van der Waals surface area contributed by atoms with E-state index in [2.05, 4.69) is 10.1 Å². The van der Waals surface area contributed by atoms with E-state index in [-0.39, 0.29) is 10.7 Å². The fraction of sp³-hybridized carbons (Fsp3) is 0.133. The lowest BCUT2D eigenvalue weighted by molar-refractivity contribution is 0.0590. The van der Waals surface area contributed by atoms with Gasteiger partial charge in [-0.3, -0.25) is 0 Å². The van der Waals surface area contributed by atoms with Gasteiger partial charge in [-0.2, -0.15) is 5.10 Å². The summed E-state index contributed by atoms with van der Waals surface area (Å²) in [5.74, 6) is -0.543. The predicted octanol–water partition coefficient (Wildman–Crippen LogP) is 3.14. The van der Waals surface area contributed by atoms with Gasteiger partial charge in [-0.1, -0.05) is 41.9 Å². The Morgan fingerprint density at radius 1 is 1.29 bits per heavy atom. The zero-order valence-electron chi connectivity index (χ0n) is 11.5. The third-order valence-corrected chi connectivity index (χ3v) is 3.67. The smallest absolute Gasteiger partial charge is 0.358 e. The zero-order chi connectivity index (χ0) is 15.0. The number of carbonyl (C=O) groups excluding carboxylic acids is 1. The molecule has 0 bridgehead atoms. The first-order valence-corrected chi connectivity index (χ1v) is 6.69. The summed E-state index contributed by atoms with van der Waals surface area (Å²) in [6.45, 7) is 1.75. The molecule has 0 aliphatic carbocycles. The van der Waals surface area contributed by atoms with E-state index in [1.54, 1.807) is 13.1 Å². The molecule has 0 N–H and O–H groups in total. The van der Waals surface area contributed by atoms with Crippen LogP contribution in [0.2, 0.25) is 5.02 Å². The van der Waals surface area contributed by atoms with Crippen LogP contribution >= 0.6 is 11.6 Å². The highest BCUT2D eigenvalue weighted by molar-refractivity contribution is 6.34. The van der Waals surface area contributed by atoms with Crippen LogP contribution in [0.4, 0.5) is 0 Å². The van der Waals surface area contributed by atoms with Crippen molar-refractivity contribution in [3.05, 3.63) is 52.9 Å². The number of aromatic nitrogens is 3. The molecule has 0 radical (unpaired) electrons. The Bertz CT molecular complexity index is 828. The number of hydrogen-bond donors (Lipinski definition) is 0. The van der Waals surface area contributed by atoms with Crippen molar-refractivity contribution < 1.29 is 9.53 Å². The normalized spacial score (nSPS) is 10.8. The molecular formula is C15H12ClN3O2. The van der Waals surface area contributed by atoms with E-state index in [0.717, 1.165) is 11.1 Å². The maximum Gasteiger partial charge on any atom is 0.358 e. The number of benzene rings is 1. The number of fused-ring (bicyclic) bond motifs is 1. The molecular weight excluding hydrogens is 290 g/mol. The lowest BCUT2D eigenvalue weighted by Crippen LogP contribution is -2.12. The van der Waals surface area contributed by atoms with Crippen LogP contribution in [0.15, 0.2) is 36.5 Å². The Morgan fingerprint density at radius 3 is 2.67 bits per heavy atom. The van der Waals surface area contributed by atoms with Gasteiger partial charge in [-0.05, 0) is 12.5 Å². The summed E-state index contributed by atoms with van der Waals surface area (Å²) in [5, 5.41) is 4.48. The molecule has 0 amide bonds. The number of carbonyl (C=O) groups is 1. The maximum absolute atomic E-state index is 12.0. The number of ether oxygens (including phenoxy) is 1. The summed E-state index contributed by atoms with van der Waals surface area (Å²) in [6, 6.07) is 9.72. The average molecular weight is 302 g/mol. The van der Waals surface area contributed by atoms with E-state index in [0.29, 0.717) is 11.3 Å². The second-order valence-corrected chi connectivity index (χ2v) is 4.89. The first-order chi connectivity index (χ1) is 10.1. The van der Waals surface area contributed by atoms with Gasteiger partial charge < -0.3 is 4.74 Å². The quantitative estimate of drug-likeness (QED) is 0.682. The SMILES string of the molecule is COC(=O)c1c(Cl)c(C)nc2c(-c3ccccc3)cnn12. The third kappa shape index (κ3) is 2.15. The fourth-order valence-corrected chi connectivity index (χ4v) is 2.38. The molecule has 0 atom stereocenters. The topological polar surface area (TPSA) is 56.5 Å². The highest BCUT2D eigenvalue weighted by atomic mass is 35.5. The molecule has 0 aliphatic heterocycles. The van der Waals surface area contributed by atoms with E-state index in [1.165, 1.54) is 11.6 Å². The van der Waals surface area contributed by atoms with Gasteiger partial charge in [0.1, 0.15) is 0 Å². The van der Waals surface area contributed by atoms with Crippen LogP contribution in [0.3, 0.4) is 0 Å². The minimum atomic E-state index is -0.543. The molecule has 3 aromatic rings. The Kier molecular flexibility index (Phi) is 3.35. The van der Waals surface area contributed by atoms with Crippen LogP contribution in [0, 0.1) is 6.92 Å². The molecule has 1 aromatic carbocycles. The molecule has 2 aromatic heterocycles. The molecule has 0 fully saturated rings. The predicted molar refractivity (Wildman–Crippen MR) is 79.5 cm³/mol. The van der Waals surface area contributed by atoms with Crippen molar-refractivity contribution in [2.45, 2.75) is 6.92 Å². The minimum Gasteiger partial charge on any atom is -0.464 e. The molecule has 3 rings (SSSR count). The molecule has 106 valence electrons. The summed E-state index contributed by atoms with van der Waals surface area (Å²) in [7, 11) is 1.31. The Labute approximate surface area is 126 Å². The number of rotatable bonds is 2. The van der Waals surface area contributed by atoms with Crippen LogP contribution in [0.1, 0.15) is 16.2 Å². The maximum atomic E-state index is 12.0. The van der Waals surface area contributed by atoms with E-state index < -0.39 is 5.97 Å². The van der Waals surface area contributed by atoms with E-state index >= 15 is 0 Å². The van der Waals surface area contributed by atoms with Crippen LogP contribution in [-0.4, -0.2) is 27.7 Å². The molecule has 0 aliphatic rings. The van der Waals surface area contributed by atoms with Gasteiger partial charge in [0, 0.05) is 5.56 Å². The minimum absolute atomic E-state index is 0.184. The summed E-state index contributed by atoms with van der Waals surface area (Å²) >= 11 is 6.18. The number of hydrogen-bond acceptors (Lipinski definition) is 4. The van der Waals surface area contributed by atoms with Crippen molar-refractivity contribution in [1.29, 1.82) is 0 Å². The second kappa shape index (κ2) is 5.18. The molecule has 21 heavy (non-hydrogen) atoms. The molecule has 6 heteroatoms. The number of halogens is 1. The summed E-state index contributed by atoms with van der Waals surface area (Å²) in [4.78, 5) is 16.4. The van der Waals surface area contributed by atoms with Gasteiger partial charge in [0.15, 0.2) is 11.3 Å². The highest BCUT2D eigenvalue weighted by Crippen LogP contribution is 2.28. The molecule has 0 saturated carbocycles. The average Bonchev–Trinajstić information content (AvgIpc) is 2.91. The fourth-order valence-electron chi connectivity index (χ4n) is 2.18. The second-order valence-electron chi connectivity index (χ2n) is 4.51. The highest BCUT2D eigenvalue weighted by Gasteiger charge is 2.21. The van der Waals surface area contributed by atoms with Gasteiger partial charge in [0.2, 0.25) is 0 Å². The van der Waals surface area contributed by atoms with Crippen LogP contribution in [0.5, 0.6) is 0 Å². The largest absolute Gasteiger partial charge is 0.464 e. The molecule has 0 spiro atoms. The van der Waals surface area contributed by atoms with Gasteiger partial charge in [-0.25, -0.2) is 14.3 Å². The summed E-state index contributed by atoms with van der Waals surface area (Å²) < 4.78 is 6.20. The van der Waals surface area contributed by atoms with Crippen LogP contribution in [-0.2, 0) is 4.74 Å². The third-order valence-electron chi connectivity index (χ3n) is 3.22. The monoisotopic (exact) mass is 301 g/mol. The molecule has 0 saturated heterocycles. The molecule has 5 nitrogen and oxygen atoms in total. The van der Waals surface area contributed by atoms with Crippen LogP contribution in [0.25, 0.3) is 16.8 Å². The van der Waals surface area contributed by atoms with Gasteiger partial charge in [-0.15, -0.1) is 0 Å². The lowest BCUT2D eigenvalue weighted by Gasteiger charge is -2.08. The number of aryl methyl sites for hydroxylation is 1. The van der Waals surface area contributed by atoms with Crippen molar-refractivity contribution in [2.24, 2.45) is 0 Å². The van der Waals surface area contributed by atoms with Crippen molar-refractivity contribution in [2.75, 3.05) is 7.11 Å². The Morgan fingerprint density at radius 2 is 2.00 bits per heavy atom. The van der Waals surface area contributed by atoms with E-state index in [9.17, 15) is 4.79 Å². The summed E-state index contributed by atoms with van der Waals surface area (Å²) in [6.07, 6.45) is 1.67. The van der Waals surface area contributed by atoms with E-state index in [1.807, 2.05) is 30.3 Å². The van der Waals surface area contributed by atoms with Crippen molar-refractivity contribution in [3.63, 3.8) is 0 Å². The first kappa shape index (κ1) is 13.6. The van der Waals surface area contributed by atoms with Gasteiger partial charge >= 0.3 is 5.97 Å². The van der Waals surface area contributed by atoms with Crippen molar-refractivity contribution in [1.82, 2.24) is 14.6 Å². The number of methoxy groups -OCH3 is 1. The van der Waals surface area contributed by atoms with Crippen LogP contribution < -0.4 is 0 Å². The van der Waals surface area contributed by atoms with E-state index in [4.69, 9.17) is 16.3 Å². The standard InChI is InChI=1S/C15H12ClN3O2/c1-9-12(16)13(15(20)21-2)19-14(18-9)11(8-17-19)10-6-4-3-5-7-10/h3-8H,1-2H3. The zero-order valence-corrected chi connectivity index (χ0v) is 12.3. The molecule has 0 unspecified atom stereocenters. The summed E-state index contributed by atoms with van der Waals surface area (Å²) in [5.41, 5.74) is 3.12.